The third kappa shape index (κ3) is 2.03. The number of nitrogens with zero attached hydrogens (tertiary/aromatic N) is 3. The average Bonchev–Trinajstić information content (AvgIpc) is 3.11. The monoisotopic (exact) mass is 321 g/mol. The SMILES string of the molecule is Cc1ccc(N2C(=O)[C@@H]3C(c4cccnc4)=NO[C@H]3C2=O)c(C)c1. The van der Waals surface area contributed by atoms with Gasteiger partial charge in [-0.25, -0.2) is 4.90 Å². The maximum atomic E-state index is 12.9. The number of oxime groups is 1. The van der Waals surface area contributed by atoms with Crippen LogP contribution in [0.4, 0.5) is 5.69 Å². The Morgan fingerprint density at radius 1 is 1.12 bits per heavy atom. The Morgan fingerprint density at radius 2 is 1.96 bits per heavy atom. The number of amides is 2. The van der Waals surface area contributed by atoms with E-state index in [1.54, 1.807) is 30.6 Å². The molecule has 1 aromatic heterocycles. The first-order chi connectivity index (χ1) is 11.6. The maximum Gasteiger partial charge on any atom is 0.278 e. The van der Waals surface area contributed by atoms with Gasteiger partial charge in [0.2, 0.25) is 12.0 Å². The van der Waals surface area contributed by atoms with E-state index >= 15 is 0 Å². The third-order valence-corrected chi connectivity index (χ3v) is 4.36. The van der Waals surface area contributed by atoms with Gasteiger partial charge in [0.25, 0.3) is 5.91 Å². The molecule has 0 unspecified atom stereocenters. The molecule has 0 aliphatic carbocycles. The molecular weight excluding hydrogens is 306 g/mol. The Balaban J connectivity index is 1.74. The number of hydrogen-bond acceptors (Lipinski definition) is 5. The highest BCUT2D eigenvalue weighted by atomic mass is 16.6. The molecule has 120 valence electrons. The van der Waals surface area contributed by atoms with E-state index in [9.17, 15) is 9.59 Å². The zero-order chi connectivity index (χ0) is 16.8. The highest BCUT2D eigenvalue weighted by Crippen LogP contribution is 2.36. The Bertz CT molecular complexity index is 876. The maximum absolute atomic E-state index is 12.9. The van der Waals surface area contributed by atoms with E-state index in [0.29, 0.717) is 17.0 Å². The predicted octanol–water partition coefficient (Wildman–Crippen LogP) is 1.99. The molecular formula is C18H15N3O3. The van der Waals surface area contributed by atoms with E-state index in [1.807, 2.05) is 26.0 Å². The van der Waals surface area contributed by atoms with Crippen LogP contribution in [0.15, 0.2) is 47.9 Å². The van der Waals surface area contributed by atoms with E-state index in [2.05, 4.69) is 10.1 Å². The molecule has 2 aliphatic rings. The predicted molar refractivity (Wildman–Crippen MR) is 87.5 cm³/mol. The fourth-order valence-electron chi connectivity index (χ4n) is 3.22. The number of aryl methyl sites for hydroxylation is 2. The van der Waals surface area contributed by atoms with Crippen LogP contribution >= 0.6 is 0 Å². The normalized spacial score (nSPS) is 22.4. The molecule has 1 fully saturated rings. The molecule has 0 N–H and O–H groups in total. The number of aromatic nitrogens is 1. The van der Waals surface area contributed by atoms with E-state index in [-0.39, 0.29) is 11.8 Å². The van der Waals surface area contributed by atoms with Crippen LogP contribution in [-0.4, -0.2) is 28.6 Å². The number of carbonyl (C=O) groups is 2. The van der Waals surface area contributed by atoms with Crippen LogP contribution in [0.5, 0.6) is 0 Å². The Labute approximate surface area is 138 Å². The van der Waals surface area contributed by atoms with Crippen molar-refractivity contribution in [1.29, 1.82) is 0 Å². The lowest BCUT2D eigenvalue weighted by molar-refractivity contribution is -0.126. The smallest absolute Gasteiger partial charge is 0.278 e. The zero-order valence-electron chi connectivity index (χ0n) is 13.3. The zero-order valence-corrected chi connectivity index (χ0v) is 13.3. The summed E-state index contributed by atoms with van der Waals surface area (Å²) in [5, 5.41) is 3.96. The average molecular weight is 321 g/mol. The molecule has 0 spiro atoms. The lowest BCUT2D eigenvalue weighted by Gasteiger charge is -2.18. The lowest BCUT2D eigenvalue weighted by Crippen LogP contribution is -2.33. The van der Waals surface area contributed by atoms with Gasteiger partial charge in [-0.1, -0.05) is 22.9 Å². The summed E-state index contributed by atoms with van der Waals surface area (Å²) in [6.45, 7) is 3.85. The second-order valence-electron chi connectivity index (χ2n) is 6.02. The van der Waals surface area contributed by atoms with Gasteiger partial charge in [-0.05, 0) is 37.6 Å². The lowest BCUT2D eigenvalue weighted by atomic mass is 9.95. The largest absolute Gasteiger partial charge is 0.381 e. The molecule has 2 aromatic rings. The molecule has 2 amide bonds. The van der Waals surface area contributed by atoms with Crippen LogP contribution in [0.1, 0.15) is 16.7 Å². The molecule has 0 bridgehead atoms. The van der Waals surface area contributed by atoms with Gasteiger partial charge < -0.3 is 4.84 Å². The van der Waals surface area contributed by atoms with Crippen molar-refractivity contribution in [2.45, 2.75) is 20.0 Å². The summed E-state index contributed by atoms with van der Waals surface area (Å²) in [6, 6.07) is 9.18. The van der Waals surface area contributed by atoms with Crippen molar-refractivity contribution in [2.24, 2.45) is 11.1 Å². The standard InChI is InChI=1S/C18H15N3O3/c1-10-5-6-13(11(2)8-10)21-17(22)14-15(12-4-3-7-19-9-12)20-24-16(14)18(21)23/h3-9,14,16H,1-2H3/t14-,16-/m1/s1. The Hall–Kier alpha value is -3.02. The highest BCUT2D eigenvalue weighted by molar-refractivity contribution is 6.32. The van der Waals surface area contributed by atoms with E-state index in [4.69, 9.17) is 4.84 Å². The number of carbonyl (C=O) groups excluding carboxylic acids is 2. The molecule has 4 rings (SSSR count). The quantitative estimate of drug-likeness (QED) is 0.793. The van der Waals surface area contributed by atoms with Crippen molar-refractivity contribution in [1.82, 2.24) is 4.98 Å². The van der Waals surface area contributed by atoms with Crippen LogP contribution in [0.2, 0.25) is 0 Å². The summed E-state index contributed by atoms with van der Waals surface area (Å²) in [5.41, 5.74) is 3.69. The van der Waals surface area contributed by atoms with Crippen molar-refractivity contribution < 1.29 is 14.4 Å². The third-order valence-electron chi connectivity index (χ3n) is 4.36. The summed E-state index contributed by atoms with van der Waals surface area (Å²) >= 11 is 0. The number of imide groups is 1. The number of benzene rings is 1. The molecule has 0 radical (unpaired) electrons. The number of hydrogen-bond donors (Lipinski definition) is 0. The fourth-order valence-corrected chi connectivity index (χ4v) is 3.22. The molecule has 3 heterocycles. The van der Waals surface area contributed by atoms with Gasteiger partial charge >= 0.3 is 0 Å². The summed E-state index contributed by atoms with van der Waals surface area (Å²) in [7, 11) is 0. The van der Waals surface area contributed by atoms with Crippen molar-refractivity contribution in [2.75, 3.05) is 4.90 Å². The van der Waals surface area contributed by atoms with Gasteiger partial charge in [0.05, 0.1) is 5.69 Å². The molecule has 24 heavy (non-hydrogen) atoms. The molecule has 6 heteroatoms. The Kier molecular flexibility index (Phi) is 3.19. The molecule has 1 aromatic carbocycles. The van der Waals surface area contributed by atoms with Crippen molar-refractivity contribution in [3.63, 3.8) is 0 Å². The number of pyridine rings is 1. The number of fused-ring (bicyclic) bond motifs is 1. The van der Waals surface area contributed by atoms with Gasteiger partial charge in [0.15, 0.2) is 0 Å². The van der Waals surface area contributed by atoms with Crippen LogP contribution in [0.3, 0.4) is 0 Å². The first-order valence-corrected chi connectivity index (χ1v) is 7.67. The number of rotatable bonds is 2. The van der Waals surface area contributed by atoms with Crippen LogP contribution in [-0.2, 0) is 14.4 Å². The van der Waals surface area contributed by atoms with E-state index in [0.717, 1.165) is 11.1 Å². The fraction of sp³-hybridized carbons (Fsp3) is 0.222. The minimum Gasteiger partial charge on any atom is -0.381 e. The van der Waals surface area contributed by atoms with Crippen molar-refractivity contribution >= 4 is 23.2 Å². The van der Waals surface area contributed by atoms with Gasteiger partial charge in [0.1, 0.15) is 11.6 Å². The summed E-state index contributed by atoms with van der Waals surface area (Å²) in [5.74, 6) is -1.40. The molecule has 2 aliphatic heterocycles. The van der Waals surface area contributed by atoms with Crippen molar-refractivity contribution in [3.05, 3.63) is 59.4 Å². The topological polar surface area (TPSA) is 71.9 Å². The van der Waals surface area contributed by atoms with Gasteiger partial charge in [-0.2, -0.15) is 0 Å². The van der Waals surface area contributed by atoms with E-state index < -0.39 is 12.0 Å². The first-order valence-electron chi connectivity index (χ1n) is 7.67. The van der Waals surface area contributed by atoms with Gasteiger partial charge in [-0.3, -0.25) is 14.6 Å². The minimum absolute atomic E-state index is 0.308. The Morgan fingerprint density at radius 3 is 2.67 bits per heavy atom. The molecule has 1 saturated heterocycles. The highest BCUT2D eigenvalue weighted by Gasteiger charge is 2.56. The van der Waals surface area contributed by atoms with Gasteiger partial charge in [0, 0.05) is 18.0 Å². The summed E-state index contributed by atoms with van der Waals surface area (Å²) in [4.78, 5) is 36.2. The molecule has 6 nitrogen and oxygen atoms in total. The second-order valence-corrected chi connectivity index (χ2v) is 6.02. The van der Waals surface area contributed by atoms with Crippen molar-refractivity contribution in [3.8, 4) is 0 Å². The minimum atomic E-state index is -0.895. The first kappa shape index (κ1) is 14.6. The molecule has 2 atom stereocenters. The van der Waals surface area contributed by atoms with Crippen LogP contribution < -0.4 is 4.90 Å². The van der Waals surface area contributed by atoms with Crippen LogP contribution in [0, 0.1) is 19.8 Å². The molecule has 0 saturated carbocycles. The van der Waals surface area contributed by atoms with Gasteiger partial charge in [-0.15, -0.1) is 0 Å². The number of anilines is 1. The summed E-state index contributed by atoms with van der Waals surface area (Å²) < 4.78 is 0. The van der Waals surface area contributed by atoms with Crippen LogP contribution in [0.25, 0.3) is 0 Å². The summed E-state index contributed by atoms with van der Waals surface area (Å²) in [6.07, 6.45) is 2.36. The second kappa shape index (κ2) is 5.26. The van der Waals surface area contributed by atoms with E-state index in [1.165, 1.54) is 4.90 Å².